The predicted octanol–water partition coefficient (Wildman–Crippen LogP) is 6.44. The van der Waals surface area contributed by atoms with E-state index in [1.165, 1.54) is 23.1 Å². The van der Waals surface area contributed by atoms with Crippen molar-refractivity contribution >= 4 is 51.1 Å². The van der Waals surface area contributed by atoms with Crippen LogP contribution in [0.2, 0.25) is 5.02 Å². The molecule has 0 unspecified atom stereocenters. The first-order valence-electron chi connectivity index (χ1n) is 11.5. The van der Waals surface area contributed by atoms with Gasteiger partial charge in [0.05, 0.1) is 18.3 Å². The smallest absolute Gasteiger partial charge is 0.355 e. The standard InChI is InChI=1S/C28H25ClN2O5S/c1-17(2)19-6-10-20(11-7-19)35-16-25(32)31-30-15-18-4-8-21(9-5-18)36-28(33)27-26(29)23-13-12-22(34-3)14-24(23)37-27/h4-15,17H,16H2,1-3H3,(H,31,32)/b30-15-. The fraction of sp³-hybridized carbons (Fsp3) is 0.179. The molecule has 0 atom stereocenters. The molecule has 0 spiro atoms. The lowest BCUT2D eigenvalue weighted by atomic mass is 10.0. The van der Waals surface area contributed by atoms with Gasteiger partial charge in [-0.1, -0.05) is 37.6 Å². The van der Waals surface area contributed by atoms with Gasteiger partial charge >= 0.3 is 5.97 Å². The summed E-state index contributed by atoms with van der Waals surface area (Å²) >= 11 is 7.65. The minimum absolute atomic E-state index is 0.152. The third kappa shape index (κ3) is 6.67. The zero-order valence-corrected chi connectivity index (χ0v) is 22.1. The molecule has 7 nitrogen and oxygen atoms in total. The molecule has 9 heteroatoms. The van der Waals surface area contributed by atoms with Gasteiger partial charge in [0.25, 0.3) is 5.91 Å². The number of carbonyl (C=O) groups excluding carboxylic acids is 2. The van der Waals surface area contributed by atoms with E-state index in [2.05, 4.69) is 24.4 Å². The van der Waals surface area contributed by atoms with Crippen LogP contribution in [-0.2, 0) is 4.79 Å². The van der Waals surface area contributed by atoms with Gasteiger partial charge in [0, 0.05) is 10.1 Å². The molecule has 0 saturated heterocycles. The van der Waals surface area contributed by atoms with E-state index in [9.17, 15) is 9.59 Å². The Hall–Kier alpha value is -3.88. The molecule has 0 aliphatic carbocycles. The molecule has 4 rings (SSSR count). The van der Waals surface area contributed by atoms with Crippen molar-refractivity contribution in [3.8, 4) is 17.2 Å². The second-order valence-electron chi connectivity index (χ2n) is 8.37. The second kappa shape index (κ2) is 11.9. The molecular formula is C28H25ClN2O5S. The van der Waals surface area contributed by atoms with E-state index in [0.29, 0.717) is 38.6 Å². The van der Waals surface area contributed by atoms with Crippen LogP contribution in [-0.4, -0.2) is 31.8 Å². The first kappa shape index (κ1) is 26.2. The van der Waals surface area contributed by atoms with E-state index in [4.69, 9.17) is 25.8 Å². The van der Waals surface area contributed by atoms with Crippen molar-refractivity contribution in [1.82, 2.24) is 5.43 Å². The third-order valence-corrected chi connectivity index (χ3v) is 7.07. The Morgan fingerprint density at radius 3 is 2.35 bits per heavy atom. The van der Waals surface area contributed by atoms with E-state index in [1.54, 1.807) is 37.4 Å². The van der Waals surface area contributed by atoms with Crippen LogP contribution in [0.15, 0.2) is 71.8 Å². The summed E-state index contributed by atoms with van der Waals surface area (Å²) in [4.78, 5) is 25.0. The Morgan fingerprint density at radius 2 is 1.68 bits per heavy atom. The van der Waals surface area contributed by atoms with Crippen LogP contribution in [0.3, 0.4) is 0 Å². The van der Waals surface area contributed by atoms with Gasteiger partial charge in [-0.15, -0.1) is 11.3 Å². The SMILES string of the molecule is COc1ccc2c(Cl)c(C(=O)Oc3ccc(/C=N\NC(=O)COc4ccc(C(C)C)cc4)cc3)sc2c1. The minimum atomic E-state index is -0.544. The number of amides is 1. The van der Waals surface area contributed by atoms with Crippen molar-refractivity contribution in [2.24, 2.45) is 5.10 Å². The zero-order chi connectivity index (χ0) is 26.4. The number of nitrogens with zero attached hydrogens (tertiary/aromatic N) is 1. The van der Waals surface area contributed by atoms with Crippen molar-refractivity contribution in [2.45, 2.75) is 19.8 Å². The number of nitrogens with one attached hydrogen (secondary N) is 1. The molecule has 4 aromatic rings. The van der Waals surface area contributed by atoms with Gasteiger partial charge in [0.2, 0.25) is 0 Å². The van der Waals surface area contributed by atoms with Crippen LogP contribution < -0.4 is 19.6 Å². The van der Waals surface area contributed by atoms with Gasteiger partial charge < -0.3 is 14.2 Å². The summed E-state index contributed by atoms with van der Waals surface area (Å²) in [6.45, 7) is 4.07. The molecule has 0 radical (unpaired) electrons. The Morgan fingerprint density at radius 1 is 1.00 bits per heavy atom. The Labute approximate surface area is 223 Å². The molecule has 0 aliphatic rings. The van der Waals surface area contributed by atoms with Crippen LogP contribution in [0, 0.1) is 0 Å². The number of thiophene rings is 1. The molecule has 37 heavy (non-hydrogen) atoms. The number of ether oxygens (including phenoxy) is 3. The first-order chi connectivity index (χ1) is 17.8. The average Bonchev–Trinajstić information content (AvgIpc) is 3.24. The van der Waals surface area contributed by atoms with Gasteiger partial charge in [-0.05, 0) is 71.6 Å². The van der Waals surface area contributed by atoms with E-state index >= 15 is 0 Å². The van der Waals surface area contributed by atoms with Crippen LogP contribution in [0.5, 0.6) is 17.2 Å². The highest BCUT2D eigenvalue weighted by molar-refractivity contribution is 7.21. The number of hydrogen-bond donors (Lipinski definition) is 1. The van der Waals surface area contributed by atoms with Crippen molar-refractivity contribution in [3.63, 3.8) is 0 Å². The molecule has 0 saturated carbocycles. The Balaban J connectivity index is 1.28. The number of hydrazone groups is 1. The summed E-state index contributed by atoms with van der Waals surface area (Å²) < 4.78 is 17.0. The van der Waals surface area contributed by atoms with Crippen LogP contribution >= 0.6 is 22.9 Å². The van der Waals surface area contributed by atoms with Crippen molar-refractivity contribution < 1.29 is 23.8 Å². The number of fused-ring (bicyclic) bond motifs is 1. The highest BCUT2D eigenvalue weighted by Gasteiger charge is 2.19. The number of esters is 1. The van der Waals surface area contributed by atoms with Crippen molar-refractivity contribution in [2.75, 3.05) is 13.7 Å². The maximum atomic E-state index is 12.7. The molecule has 1 heterocycles. The predicted molar refractivity (Wildman–Crippen MR) is 147 cm³/mol. The monoisotopic (exact) mass is 536 g/mol. The minimum Gasteiger partial charge on any atom is -0.497 e. The lowest BCUT2D eigenvalue weighted by Gasteiger charge is -2.08. The van der Waals surface area contributed by atoms with Gasteiger partial charge in [0.15, 0.2) is 6.61 Å². The second-order valence-corrected chi connectivity index (χ2v) is 9.80. The molecule has 0 bridgehead atoms. The summed E-state index contributed by atoms with van der Waals surface area (Å²) in [6, 6.07) is 19.8. The largest absolute Gasteiger partial charge is 0.497 e. The normalized spacial score (nSPS) is 11.2. The summed E-state index contributed by atoms with van der Waals surface area (Å²) in [7, 11) is 1.58. The Kier molecular flexibility index (Phi) is 8.43. The molecule has 0 aliphatic heterocycles. The Bertz CT molecular complexity index is 1430. The molecule has 1 amide bonds. The fourth-order valence-corrected chi connectivity index (χ4v) is 4.80. The molecule has 1 aromatic heterocycles. The number of halogens is 1. The highest BCUT2D eigenvalue weighted by atomic mass is 35.5. The maximum absolute atomic E-state index is 12.7. The average molecular weight is 537 g/mol. The van der Waals surface area contributed by atoms with Crippen LogP contribution in [0.1, 0.15) is 40.6 Å². The summed E-state index contributed by atoms with van der Waals surface area (Å²) in [6.07, 6.45) is 1.48. The van der Waals surface area contributed by atoms with Crippen molar-refractivity contribution in [3.05, 3.63) is 87.8 Å². The van der Waals surface area contributed by atoms with E-state index in [1.807, 2.05) is 36.4 Å². The van der Waals surface area contributed by atoms with Gasteiger partial charge in [-0.3, -0.25) is 4.79 Å². The number of rotatable bonds is 9. The van der Waals surface area contributed by atoms with E-state index in [-0.39, 0.29) is 12.5 Å². The van der Waals surface area contributed by atoms with Crippen LogP contribution in [0.25, 0.3) is 10.1 Å². The quantitative estimate of drug-likeness (QED) is 0.115. The number of benzene rings is 3. The summed E-state index contributed by atoms with van der Waals surface area (Å²) in [5, 5.41) is 5.06. The number of hydrogen-bond acceptors (Lipinski definition) is 7. The van der Waals surface area contributed by atoms with E-state index < -0.39 is 5.97 Å². The summed E-state index contributed by atoms with van der Waals surface area (Å²) in [5.74, 6) is 1.16. The van der Waals surface area contributed by atoms with Gasteiger partial charge in [-0.25, -0.2) is 10.2 Å². The lowest BCUT2D eigenvalue weighted by molar-refractivity contribution is -0.123. The number of methoxy groups -OCH3 is 1. The van der Waals surface area contributed by atoms with Crippen molar-refractivity contribution in [1.29, 1.82) is 0 Å². The molecule has 190 valence electrons. The van der Waals surface area contributed by atoms with Gasteiger partial charge in [-0.2, -0.15) is 5.10 Å². The fourth-order valence-electron chi connectivity index (χ4n) is 3.39. The topological polar surface area (TPSA) is 86.2 Å². The molecular weight excluding hydrogens is 512 g/mol. The highest BCUT2D eigenvalue weighted by Crippen LogP contribution is 2.37. The van der Waals surface area contributed by atoms with E-state index in [0.717, 1.165) is 10.1 Å². The summed E-state index contributed by atoms with van der Waals surface area (Å²) in [5.41, 5.74) is 4.33. The zero-order valence-electron chi connectivity index (χ0n) is 20.5. The third-order valence-electron chi connectivity index (χ3n) is 5.43. The van der Waals surface area contributed by atoms with Gasteiger partial charge in [0.1, 0.15) is 22.1 Å². The molecule has 1 N–H and O–H groups in total. The lowest BCUT2D eigenvalue weighted by Crippen LogP contribution is -2.24. The number of carbonyl (C=O) groups is 2. The molecule has 3 aromatic carbocycles. The first-order valence-corrected chi connectivity index (χ1v) is 12.7. The van der Waals surface area contributed by atoms with Crippen LogP contribution in [0.4, 0.5) is 0 Å². The maximum Gasteiger partial charge on any atom is 0.355 e. The molecule has 0 fully saturated rings.